The van der Waals surface area contributed by atoms with Crippen molar-refractivity contribution in [2.75, 3.05) is 6.54 Å². The van der Waals surface area contributed by atoms with Gasteiger partial charge in [0.25, 0.3) is 0 Å². The Labute approximate surface area is 86.3 Å². The number of hydrogen-bond acceptors (Lipinski definition) is 2. The number of nitrogens with zero attached hydrogens (tertiary/aromatic N) is 2. The molecular formula is C11H21N3. The van der Waals surface area contributed by atoms with Crippen molar-refractivity contribution in [2.24, 2.45) is 5.73 Å². The molecule has 0 aromatic carbocycles. The zero-order valence-electron chi connectivity index (χ0n) is 9.89. The van der Waals surface area contributed by atoms with Gasteiger partial charge in [0, 0.05) is 12.2 Å². The predicted octanol–water partition coefficient (Wildman–Crippen LogP) is 1.89. The number of rotatable bonds is 3. The molecular weight excluding hydrogens is 174 g/mol. The molecule has 3 nitrogen and oxygen atoms in total. The molecule has 80 valence electrons. The van der Waals surface area contributed by atoms with Gasteiger partial charge in [0.2, 0.25) is 0 Å². The van der Waals surface area contributed by atoms with E-state index in [9.17, 15) is 0 Å². The van der Waals surface area contributed by atoms with Crippen LogP contribution in [-0.2, 0) is 5.54 Å². The van der Waals surface area contributed by atoms with Gasteiger partial charge >= 0.3 is 0 Å². The van der Waals surface area contributed by atoms with Gasteiger partial charge < -0.3 is 5.73 Å². The molecule has 1 heterocycles. The highest BCUT2D eigenvalue weighted by molar-refractivity contribution is 5.23. The van der Waals surface area contributed by atoms with Crippen LogP contribution in [0.4, 0.5) is 0 Å². The molecule has 3 heteroatoms. The minimum atomic E-state index is -0.0386. The molecule has 1 atom stereocenters. The first-order valence-corrected chi connectivity index (χ1v) is 5.19. The van der Waals surface area contributed by atoms with Crippen LogP contribution in [0.5, 0.6) is 0 Å². The maximum Gasteiger partial charge on any atom is 0.0721 e. The van der Waals surface area contributed by atoms with E-state index < -0.39 is 0 Å². The van der Waals surface area contributed by atoms with Gasteiger partial charge in [-0.1, -0.05) is 6.92 Å². The number of aryl methyl sites for hydroxylation is 1. The number of nitrogens with two attached hydrogens (primary N) is 1. The summed E-state index contributed by atoms with van der Waals surface area (Å²) in [5, 5.41) is 4.56. The summed E-state index contributed by atoms with van der Waals surface area (Å²) in [6.45, 7) is 11.2. The molecule has 0 saturated heterocycles. The third-order valence-corrected chi connectivity index (χ3v) is 3.37. The number of aromatic nitrogens is 2. The second-order valence-corrected chi connectivity index (χ2v) is 4.26. The Balaban J connectivity index is 3.24. The van der Waals surface area contributed by atoms with Gasteiger partial charge in [0.05, 0.1) is 11.2 Å². The molecule has 0 aliphatic carbocycles. The van der Waals surface area contributed by atoms with Crippen LogP contribution in [-0.4, -0.2) is 16.3 Å². The van der Waals surface area contributed by atoms with Crippen molar-refractivity contribution in [1.82, 2.24) is 9.78 Å². The Morgan fingerprint density at radius 3 is 2.21 bits per heavy atom. The van der Waals surface area contributed by atoms with Gasteiger partial charge in [0.1, 0.15) is 0 Å². The van der Waals surface area contributed by atoms with Crippen molar-refractivity contribution in [2.45, 2.75) is 46.6 Å². The highest BCUT2D eigenvalue weighted by atomic mass is 15.3. The third-order valence-electron chi connectivity index (χ3n) is 3.37. The Kier molecular flexibility index (Phi) is 3.00. The lowest BCUT2D eigenvalue weighted by Crippen LogP contribution is -2.39. The Morgan fingerprint density at radius 1 is 1.36 bits per heavy atom. The molecule has 1 rings (SSSR count). The molecule has 0 fully saturated rings. The molecule has 0 radical (unpaired) electrons. The Morgan fingerprint density at radius 2 is 1.93 bits per heavy atom. The van der Waals surface area contributed by atoms with Gasteiger partial charge in [0.15, 0.2) is 0 Å². The maximum absolute atomic E-state index is 5.82. The smallest absolute Gasteiger partial charge is 0.0721 e. The number of hydrogen-bond donors (Lipinski definition) is 1. The van der Waals surface area contributed by atoms with E-state index in [-0.39, 0.29) is 5.54 Å². The van der Waals surface area contributed by atoms with Crippen LogP contribution in [0.15, 0.2) is 0 Å². The van der Waals surface area contributed by atoms with Gasteiger partial charge in [-0.2, -0.15) is 5.10 Å². The molecule has 1 unspecified atom stereocenters. The summed E-state index contributed by atoms with van der Waals surface area (Å²) in [4.78, 5) is 0. The van der Waals surface area contributed by atoms with E-state index >= 15 is 0 Å². The SMILES string of the molecule is CCC(C)(CN)n1nc(C)c(C)c1C. The first-order valence-electron chi connectivity index (χ1n) is 5.19. The van der Waals surface area contributed by atoms with E-state index in [1.165, 1.54) is 11.3 Å². The topological polar surface area (TPSA) is 43.8 Å². The molecule has 1 aromatic heterocycles. The fourth-order valence-electron chi connectivity index (χ4n) is 1.63. The minimum Gasteiger partial charge on any atom is -0.328 e. The summed E-state index contributed by atoms with van der Waals surface area (Å²) < 4.78 is 2.08. The molecule has 0 amide bonds. The molecule has 14 heavy (non-hydrogen) atoms. The molecule has 0 bridgehead atoms. The standard InChI is InChI=1S/C11H21N3/c1-6-11(5,7-12)14-10(4)8(2)9(3)13-14/h6-7,12H2,1-5H3. The zero-order valence-corrected chi connectivity index (χ0v) is 9.89. The minimum absolute atomic E-state index is 0.0386. The summed E-state index contributed by atoms with van der Waals surface area (Å²) >= 11 is 0. The van der Waals surface area contributed by atoms with Crippen LogP contribution in [0.3, 0.4) is 0 Å². The van der Waals surface area contributed by atoms with Gasteiger partial charge in [-0.15, -0.1) is 0 Å². The van der Waals surface area contributed by atoms with E-state index in [0.29, 0.717) is 6.54 Å². The van der Waals surface area contributed by atoms with Crippen LogP contribution in [0.1, 0.15) is 37.2 Å². The van der Waals surface area contributed by atoms with Gasteiger partial charge in [-0.3, -0.25) is 4.68 Å². The van der Waals surface area contributed by atoms with Crippen molar-refractivity contribution in [1.29, 1.82) is 0 Å². The van der Waals surface area contributed by atoms with Crippen molar-refractivity contribution >= 4 is 0 Å². The van der Waals surface area contributed by atoms with Gasteiger partial charge in [-0.25, -0.2) is 0 Å². The van der Waals surface area contributed by atoms with Crippen LogP contribution in [0.2, 0.25) is 0 Å². The van der Waals surface area contributed by atoms with Crippen molar-refractivity contribution in [3.63, 3.8) is 0 Å². The normalized spacial score (nSPS) is 15.6. The molecule has 0 aliphatic rings. The lowest BCUT2D eigenvalue weighted by atomic mass is 9.99. The Hall–Kier alpha value is -0.830. The molecule has 2 N–H and O–H groups in total. The average molecular weight is 195 g/mol. The fraction of sp³-hybridized carbons (Fsp3) is 0.727. The zero-order chi connectivity index (χ0) is 10.9. The summed E-state index contributed by atoms with van der Waals surface area (Å²) in [5.74, 6) is 0. The van der Waals surface area contributed by atoms with Crippen LogP contribution < -0.4 is 5.73 Å². The summed E-state index contributed by atoms with van der Waals surface area (Å²) in [5.41, 5.74) is 9.40. The molecule has 0 saturated carbocycles. The predicted molar refractivity (Wildman–Crippen MR) is 59.4 cm³/mol. The van der Waals surface area contributed by atoms with Crippen LogP contribution >= 0.6 is 0 Å². The highest BCUT2D eigenvalue weighted by Gasteiger charge is 2.26. The van der Waals surface area contributed by atoms with E-state index in [2.05, 4.69) is 37.5 Å². The second kappa shape index (κ2) is 3.73. The maximum atomic E-state index is 5.82. The van der Waals surface area contributed by atoms with E-state index in [0.717, 1.165) is 12.1 Å². The first-order chi connectivity index (χ1) is 6.46. The monoisotopic (exact) mass is 195 g/mol. The summed E-state index contributed by atoms with van der Waals surface area (Å²) in [6, 6.07) is 0. The van der Waals surface area contributed by atoms with Crippen molar-refractivity contribution in [3.05, 3.63) is 17.0 Å². The largest absolute Gasteiger partial charge is 0.328 e. The van der Waals surface area contributed by atoms with Crippen molar-refractivity contribution in [3.8, 4) is 0 Å². The summed E-state index contributed by atoms with van der Waals surface area (Å²) in [7, 11) is 0. The third kappa shape index (κ3) is 1.57. The molecule has 0 aliphatic heterocycles. The van der Waals surface area contributed by atoms with E-state index in [1.54, 1.807) is 0 Å². The second-order valence-electron chi connectivity index (χ2n) is 4.26. The summed E-state index contributed by atoms with van der Waals surface area (Å²) in [6.07, 6.45) is 1.00. The van der Waals surface area contributed by atoms with E-state index in [1.807, 2.05) is 6.92 Å². The first kappa shape index (κ1) is 11.2. The van der Waals surface area contributed by atoms with Gasteiger partial charge in [-0.05, 0) is 39.7 Å². The van der Waals surface area contributed by atoms with Crippen LogP contribution in [0, 0.1) is 20.8 Å². The average Bonchev–Trinajstić information content (AvgIpc) is 2.45. The van der Waals surface area contributed by atoms with Crippen molar-refractivity contribution < 1.29 is 0 Å². The Bertz CT molecular complexity index is 322. The molecule has 0 spiro atoms. The molecule has 1 aromatic rings. The van der Waals surface area contributed by atoms with E-state index in [4.69, 9.17) is 5.73 Å². The lowest BCUT2D eigenvalue weighted by Gasteiger charge is -2.28. The highest BCUT2D eigenvalue weighted by Crippen LogP contribution is 2.23. The lowest BCUT2D eigenvalue weighted by molar-refractivity contribution is 0.278. The quantitative estimate of drug-likeness (QED) is 0.800. The van der Waals surface area contributed by atoms with Crippen LogP contribution in [0.25, 0.3) is 0 Å². The fourth-order valence-corrected chi connectivity index (χ4v) is 1.63.